The molecule has 41 heavy (non-hydrogen) atoms. The summed E-state index contributed by atoms with van der Waals surface area (Å²) in [5, 5.41) is 11.1. The number of anilines is 3. The van der Waals surface area contributed by atoms with Crippen LogP contribution in [0.1, 0.15) is 70.6 Å². The van der Waals surface area contributed by atoms with Crippen molar-refractivity contribution in [3.63, 3.8) is 0 Å². The highest BCUT2D eigenvalue weighted by Gasteiger charge is 2.22. The molecule has 5 rings (SSSR count). The van der Waals surface area contributed by atoms with Crippen molar-refractivity contribution < 1.29 is 4.74 Å². The van der Waals surface area contributed by atoms with Gasteiger partial charge in [0.2, 0.25) is 5.95 Å². The number of ether oxygens (including phenoxy) is 1. The summed E-state index contributed by atoms with van der Waals surface area (Å²) in [4.78, 5) is 16.8. The molecule has 0 amide bonds. The SMILES string of the molecule is Nc1cc(N2CCN(CCN3CCOCC3)CC2)nc(NCCC2CCC(NCCCNC3CCCCC3)CC2)n1. The number of morpholine rings is 1. The normalized spacial score (nSPS) is 25.4. The van der Waals surface area contributed by atoms with E-state index >= 15 is 0 Å². The van der Waals surface area contributed by atoms with E-state index in [1.807, 2.05) is 6.07 Å². The number of hydrogen-bond acceptors (Lipinski definition) is 10. The highest BCUT2D eigenvalue weighted by Crippen LogP contribution is 2.27. The molecule has 2 saturated carbocycles. The van der Waals surface area contributed by atoms with Crippen molar-refractivity contribution in [2.75, 3.05) is 101 Å². The molecule has 1 aromatic heterocycles. The summed E-state index contributed by atoms with van der Waals surface area (Å²) in [5.41, 5.74) is 6.20. The first-order valence-corrected chi connectivity index (χ1v) is 16.8. The molecule has 2 saturated heterocycles. The molecule has 5 N–H and O–H groups in total. The minimum absolute atomic E-state index is 0.549. The number of nitrogens with one attached hydrogen (secondary N) is 3. The van der Waals surface area contributed by atoms with E-state index in [0.29, 0.717) is 17.8 Å². The number of rotatable bonds is 14. The van der Waals surface area contributed by atoms with Crippen LogP contribution in [-0.4, -0.2) is 117 Å². The summed E-state index contributed by atoms with van der Waals surface area (Å²) < 4.78 is 5.47. The first kappa shape index (κ1) is 30.7. The fourth-order valence-electron chi connectivity index (χ4n) is 7.05. The molecule has 232 valence electrons. The Hall–Kier alpha value is -1.72. The second kappa shape index (κ2) is 16.8. The maximum atomic E-state index is 6.20. The van der Waals surface area contributed by atoms with Crippen LogP contribution in [0.2, 0.25) is 0 Å². The van der Waals surface area contributed by atoms with Gasteiger partial charge in [0, 0.05) is 77.1 Å². The Balaban J connectivity index is 0.933. The molecule has 0 unspecified atom stereocenters. The lowest BCUT2D eigenvalue weighted by Gasteiger charge is -2.37. The predicted molar refractivity (Wildman–Crippen MR) is 169 cm³/mol. The van der Waals surface area contributed by atoms with E-state index in [9.17, 15) is 0 Å². The molecule has 0 atom stereocenters. The Morgan fingerprint density at radius 2 is 1.41 bits per heavy atom. The number of nitrogen functional groups attached to an aromatic ring is 1. The van der Waals surface area contributed by atoms with Crippen LogP contribution in [0.15, 0.2) is 6.07 Å². The van der Waals surface area contributed by atoms with E-state index in [1.54, 1.807) is 0 Å². The van der Waals surface area contributed by atoms with Gasteiger partial charge in [0.1, 0.15) is 11.6 Å². The zero-order chi connectivity index (χ0) is 28.1. The smallest absolute Gasteiger partial charge is 0.226 e. The number of nitrogens with two attached hydrogens (primary N) is 1. The number of piperazine rings is 1. The molecule has 3 heterocycles. The average Bonchev–Trinajstić information content (AvgIpc) is 3.02. The molecule has 10 heteroatoms. The lowest BCUT2D eigenvalue weighted by Crippen LogP contribution is -2.49. The molecule has 2 aliphatic carbocycles. The van der Waals surface area contributed by atoms with E-state index in [4.69, 9.17) is 15.5 Å². The summed E-state index contributed by atoms with van der Waals surface area (Å²) in [6.45, 7) is 13.4. The van der Waals surface area contributed by atoms with Crippen LogP contribution < -0.4 is 26.6 Å². The Bertz CT molecular complexity index is 861. The summed E-state index contributed by atoms with van der Waals surface area (Å²) in [7, 11) is 0. The summed E-state index contributed by atoms with van der Waals surface area (Å²) in [6, 6.07) is 3.41. The minimum Gasteiger partial charge on any atom is -0.383 e. The summed E-state index contributed by atoms with van der Waals surface area (Å²) in [5.74, 6) is 2.97. The van der Waals surface area contributed by atoms with Gasteiger partial charge in [-0.05, 0) is 70.4 Å². The van der Waals surface area contributed by atoms with Crippen molar-refractivity contribution in [1.29, 1.82) is 0 Å². The molecule has 2 aliphatic heterocycles. The topological polar surface area (TPSA) is 107 Å². The van der Waals surface area contributed by atoms with Gasteiger partial charge in [-0.1, -0.05) is 19.3 Å². The van der Waals surface area contributed by atoms with Crippen molar-refractivity contribution >= 4 is 17.6 Å². The summed E-state index contributed by atoms with van der Waals surface area (Å²) in [6.07, 6.45) is 14.7. The van der Waals surface area contributed by atoms with Crippen LogP contribution in [0.25, 0.3) is 0 Å². The van der Waals surface area contributed by atoms with Crippen molar-refractivity contribution in [2.24, 2.45) is 5.92 Å². The summed E-state index contributed by atoms with van der Waals surface area (Å²) >= 11 is 0. The maximum absolute atomic E-state index is 6.20. The van der Waals surface area contributed by atoms with Crippen LogP contribution >= 0.6 is 0 Å². The van der Waals surface area contributed by atoms with Gasteiger partial charge >= 0.3 is 0 Å². The van der Waals surface area contributed by atoms with Crippen LogP contribution in [0, 0.1) is 5.92 Å². The molecule has 0 bridgehead atoms. The Kier molecular flexibility index (Phi) is 12.6. The minimum atomic E-state index is 0.549. The highest BCUT2D eigenvalue weighted by atomic mass is 16.5. The largest absolute Gasteiger partial charge is 0.383 e. The maximum Gasteiger partial charge on any atom is 0.226 e. The number of aromatic nitrogens is 2. The first-order chi connectivity index (χ1) is 20.2. The van der Waals surface area contributed by atoms with Crippen molar-refractivity contribution in [2.45, 2.75) is 82.7 Å². The molecular formula is C31H57N9O. The molecule has 0 radical (unpaired) electrons. The van der Waals surface area contributed by atoms with E-state index in [1.165, 1.54) is 70.6 Å². The standard InChI is InChI=1S/C31H57N9O/c32-29-25-30(40-19-17-38(18-20-40)15-16-39-21-23-41-24-22-39)37-31(36-29)35-14-11-26-7-9-28(10-8-26)34-13-4-12-33-27-5-2-1-3-6-27/h25-28,33-34H,1-24H2,(H3,32,35,36,37). The van der Waals surface area contributed by atoms with E-state index < -0.39 is 0 Å². The van der Waals surface area contributed by atoms with Gasteiger partial charge in [0.05, 0.1) is 13.2 Å². The quantitative estimate of drug-likeness (QED) is 0.249. The van der Waals surface area contributed by atoms with Gasteiger partial charge in [0.25, 0.3) is 0 Å². The van der Waals surface area contributed by atoms with Crippen molar-refractivity contribution in [3.05, 3.63) is 6.07 Å². The monoisotopic (exact) mass is 571 g/mol. The van der Waals surface area contributed by atoms with Gasteiger partial charge in [-0.15, -0.1) is 0 Å². The third-order valence-electron chi connectivity index (χ3n) is 9.77. The molecule has 4 fully saturated rings. The van der Waals surface area contributed by atoms with Crippen molar-refractivity contribution in [1.82, 2.24) is 30.4 Å². The fraction of sp³-hybridized carbons (Fsp3) is 0.871. The molecular weight excluding hydrogens is 514 g/mol. The Morgan fingerprint density at radius 1 is 0.756 bits per heavy atom. The number of hydrogen-bond donors (Lipinski definition) is 4. The Morgan fingerprint density at radius 3 is 2.12 bits per heavy atom. The molecule has 0 aromatic carbocycles. The van der Waals surface area contributed by atoms with Gasteiger partial charge in [-0.2, -0.15) is 9.97 Å². The second-order valence-corrected chi connectivity index (χ2v) is 12.8. The van der Waals surface area contributed by atoms with Crippen LogP contribution in [0.3, 0.4) is 0 Å². The molecule has 0 spiro atoms. The molecule has 4 aliphatic rings. The van der Waals surface area contributed by atoms with E-state index in [0.717, 1.165) is 103 Å². The lowest BCUT2D eigenvalue weighted by atomic mass is 9.84. The van der Waals surface area contributed by atoms with Gasteiger partial charge < -0.3 is 31.3 Å². The van der Waals surface area contributed by atoms with Crippen LogP contribution in [0.4, 0.5) is 17.6 Å². The molecule has 1 aromatic rings. The third kappa shape index (κ3) is 10.5. The van der Waals surface area contributed by atoms with Gasteiger partial charge in [-0.25, -0.2) is 0 Å². The van der Waals surface area contributed by atoms with Crippen LogP contribution in [-0.2, 0) is 4.74 Å². The lowest BCUT2D eigenvalue weighted by molar-refractivity contribution is 0.0331. The Labute approximate surface area is 248 Å². The first-order valence-electron chi connectivity index (χ1n) is 16.8. The fourth-order valence-corrected chi connectivity index (χ4v) is 7.05. The van der Waals surface area contributed by atoms with Crippen molar-refractivity contribution in [3.8, 4) is 0 Å². The highest BCUT2D eigenvalue weighted by molar-refractivity contribution is 5.51. The van der Waals surface area contributed by atoms with E-state index in [2.05, 4.69) is 35.6 Å². The second-order valence-electron chi connectivity index (χ2n) is 12.8. The van der Waals surface area contributed by atoms with Gasteiger partial charge in [0.15, 0.2) is 0 Å². The molecule has 10 nitrogen and oxygen atoms in total. The zero-order valence-corrected chi connectivity index (χ0v) is 25.5. The third-order valence-corrected chi connectivity index (χ3v) is 9.77. The predicted octanol–water partition coefficient (Wildman–Crippen LogP) is 2.78. The average molecular weight is 572 g/mol. The van der Waals surface area contributed by atoms with Gasteiger partial charge in [-0.3, -0.25) is 9.80 Å². The number of nitrogens with zero attached hydrogens (tertiary/aromatic N) is 5. The zero-order valence-electron chi connectivity index (χ0n) is 25.5. The van der Waals surface area contributed by atoms with E-state index in [-0.39, 0.29) is 0 Å². The van der Waals surface area contributed by atoms with Crippen LogP contribution in [0.5, 0.6) is 0 Å².